The number of halogens is 2. The summed E-state index contributed by atoms with van der Waals surface area (Å²) in [4.78, 5) is 16.3. The number of nitrogens with zero attached hydrogens (tertiary/aromatic N) is 2. The normalized spacial score (nSPS) is 12.3. The zero-order valence-corrected chi connectivity index (χ0v) is 13.4. The molecule has 5 N–H and O–H groups in total. The number of aromatic amines is 1. The Labute approximate surface area is 146 Å². The lowest BCUT2D eigenvalue weighted by Crippen LogP contribution is -2.35. The molecule has 2 heterocycles. The van der Waals surface area contributed by atoms with E-state index < -0.39 is 18.7 Å². The summed E-state index contributed by atoms with van der Waals surface area (Å²) in [6.45, 7) is -3.31. The number of amides is 2. The molecule has 0 fully saturated rings. The van der Waals surface area contributed by atoms with E-state index in [4.69, 9.17) is 5.73 Å². The lowest BCUT2D eigenvalue weighted by molar-refractivity contribution is -0.133. The number of aromatic nitrogens is 3. The molecule has 0 aliphatic heterocycles. The maximum atomic E-state index is 12.4. The van der Waals surface area contributed by atoms with E-state index in [0.717, 1.165) is 0 Å². The highest BCUT2D eigenvalue weighted by Gasteiger charge is 2.17. The molecule has 26 heavy (non-hydrogen) atoms. The van der Waals surface area contributed by atoms with E-state index in [0.29, 0.717) is 22.3 Å². The van der Waals surface area contributed by atoms with Crippen molar-refractivity contribution in [1.82, 2.24) is 20.5 Å². The molecule has 8 nitrogen and oxygen atoms in total. The van der Waals surface area contributed by atoms with Crippen molar-refractivity contribution in [1.29, 1.82) is 0 Å². The fourth-order valence-electron chi connectivity index (χ4n) is 2.39. The molecule has 1 aromatic carbocycles. The average Bonchev–Trinajstić information content (AvgIpc) is 2.99. The maximum absolute atomic E-state index is 12.4. The molecule has 136 valence electrons. The highest BCUT2D eigenvalue weighted by molar-refractivity contribution is 5.93. The van der Waals surface area contributed by atoms with Gasteiger partial charge in [0.25, 0.3) is 0 Å². The first-order valence-corrected chi connectivity index (χ1v) is 7.64. The number of nitrogen functional groups attached to an aromatic ring is 1. The Bertz CT molecular complexity index is 887. The molecule has 0 aliphatic carbocycles. The predicted octanol–water partition coefficient (Wildman–Crippen LogP) is 2.64. The number of nitrogens with one attached hydrogen (secondary N) is 3. The van der Waals surface area contributed by atoms with Crippen LogP contribution in [0.3, 0.4) is 0 Å². The number of carbonyl (C=O) groups excluding carboxylic acids is 1. The van der Waals surface area contributed by atoms with Crippen LogP contribution in [-0.4, -0.2) is 34.4 Å². The van der Waals surface area contributed by atoms with Gasteiger partial charge in [0.05, 0.1) is 23.6 Å². The molecule has 2 aromatic heterocycles. The van der Waals surface area contributed by atoms with Gasteiger partial charge < -0.3 is 15.8 Å². The van der Waals surface area contributed by atoms with E-state index in [1.165, 1.54) is 6.20 Å². The van der Waals surface area contributed by atoms with Crippen LogP contribution in [0.5, 0.6) is 0 Å². The topological polar surface area (TPSA) is 118 Å². The Balaban J connectivity index is 1.69. The van der Waals surface area contributed by atoms with Gasteiger partial charge in [0, 0.05) is 12.3 Å². The van der Waals surface area contributed by atoms with Gasteiger partial charge in [0.15, 0.2) is 5.82 Å². The highest BCUT2D eigenvalue weighted by atomic mass is 19.3. The summed E-state index contributed by atoms with van der Waals surface area (Å²) in [5.41, 5.74) is 6.90. The second-order valence-corrected chi connectivity index (χ2v) is 5.38. The molecular weight excluding hydrogens is 346 g/mol. The molecule has 0 saturated heterocycles. The van der Waals surface area contributed by atoms with Crippen LogP contribution in [0.1, 0.15) is 11.6 Å². The molecule has 0 bridgehead atoms. The summed E-state index contributed by atoms with van der Waals surface area (Å²) in [5.74, 6) is 0.553. The van der Waals surface area contributed by atoms with Crippen molar-refractivity contribution >= 4 is 28.6 Å². The van der Waals surface area contributed by atoms with Gasteiger partial charge in [0.2, 0.25) is 0 Å². The van der Waals surface area contributed by atoms with Crippen molar-refractivity contribution in [3.63, 3.8) is 0 Å². The van der Waals surface area contributed by atoms with Gasteiger partial charge in [-0.05, 0) is 5.56 Å². The van der Waals surface area contributed by atoms with Gasteiger partial charge in [-0.2, -0.15) is 13.9 Å². The predicted molar refractivity (Wildman–Crippen MR) is 91.6 cm³/mol. The van der Waals surface area contributed by atoms with Crippen LogP contribution in [0.4, 0.5) is 25.2 Å². The van der Waals surface area contributed by atoms with Crippen LogP contribution in [-0.2, 0) is 4.74 Å². The van der Waals surface area contributed by atoms with E-state index in [-0.39, 0.29) is 12.4 Å². The average molecular weight is 362 g/mol. The number of fused-ring (bicyclic) bond motifs is 1. The summed E-state index contributed by atoms with van der Waals surface area (Å²) >= 11 is 0. The van der Waals surface area contributed by atoms with Crippen molar-refractivity contribution < 1.29 is 18.3 Å². The van der Waals surface area contributed by atoms with Crippen LogP contribution < -0.4 is 16.4 Å². The van der Waals surface area contributed by atoms with Gasteiger partial charge >= 0.3 is 12.6 Å². The third-order valence-corrected chi connectivity index (χ3v) is 3.61. The van der Waals surface area contributed by atoms with E-state index in [1.807, 2.05) is 0 Å². The van der Waals surface area contributed by atoms with E-state index in [9.17, 15) is 13.6 Å². The second-order valence-electron chi connectivity index (χ2n) is 5.38. The summed E-state index contributed by atoms with van der Waals surface area (Å²) in [5, 5.41) is 12.3. The summed E-state index contributed by atoms with van der Waals surface area (Å²) in [7, 11) is 0. The van der Waals surface area contributed by atoms with Crippen molar-refractivity contribution in [3.8, 4) is 0 Å². The first kappa shape index (κ1) is 17.5. The number of carbonyl (C=O) groups is 1. The van der Waals surface area contributed by atoms with Crippen molar-refractivity contribution in [2.45, 2.75) is 12.7 Å². The largest absolute Gasteiger partial charge is 0.382 e. The fourth-order valence-corrected chi connectivity index (χ4v) is 2.39. The van der Waals surface area contributed by atoms with Crippen molar-refractivity contribution in [2.24, 2.45) is 0 Å². The number of pyridine rings is 1. The smallest absolute Gasteiger partial charge is 0.345 e. The number of anilines is 2. The minimum Gasteiger partial charge on any atom is -0.382 e. The lowest BCUT2D eigenvalue weighted by atomic mass is 10.1. The number of hydrogen-bond acceptors (Lipinski definition) is 5. The quantitative estimate of drug-likeness (QED) is 0.538. The summed E-state index contributed by atoms with van der Waals surface area (Å²) < 4.78 is 29.1. The minimum absolute atomic E-state index is 0.250. The standard InChI is InChI=1S/C16H16F2N6O2/c17-15(18)26-8-12(9-4-2-1-3-5-9)21-16(25)22-13-6-11-10(7-20-13)14(19)24-23-11/h1-7,12,15H,8H2,(H3,19,23,24)(H2,20,21,22,25)/t12-/m1/s1. The first-order chi connectivity index (χ1) is 12.5. The van der Waals surface area contributed by atoms with Crippen LogP contribution in [0, 0.1) is 0 Å². The summed E-state index contributed by atoms with van der Waals surface area (Å²) in [6.07, 6.45) is 1.47. The molecule has 2 amide bonds. The Hall–Kier alpha value is -3.27. The zero-order chi connectivity index (χ0) is 18.5. The number of rotatable bonds is 6. The number of H-pyrrole nitrogens is 1. The van der Waals surface area contributed by atoms with E-state index in [1.54, 1.807) is 36.4 Å². The van der Waals surface area contributed by atoms with Gasteiger partial charge in [-0.1, -0.05) is 30.3 Å². The number of benzene rings is 1. The molecule has 1 atom stereocenters. The molecular formula is C16H16F2N6O2. The van der Waals surface area contributed by atoms with Crippen LogP contribution in [0.15, 0.2) is 42.6 Å². The molecule has 0 unspecified atom stereocenters. The molecule has 10 heteroatoms. The van der Waals surface area contributed by atoms with Crippen molar-refractivity contribution in [2.75, 3.05) is 17.7 Å². The molecule has 0 spiro atoms. The SMILES string of the molecule is Nc1n[nH]c2cc(NC(=O)N[C@H](COC(F)F)c3ccccc3)ncc12. The second kappa shape index (κ2) is 7.74. The van der Waals surface area contributed by atoms with Crippen molar-refractivity contribution in [3.05, 3.63) is 48.2 Å². The van der Waals surface area contributed by atoms with E-state index in [2.05, 4.69) is 30.6 Å². The van der Waals surface area contributed by atoms with E-state index >= 15 is 0 Å². The molecule has 3 rings (SSSR count). The highest BCUT2D eigenvalue weighted by Crippen LogP contribution is 2.19. The van der Waals surface area contributed by atoms with Gasteiger partial charge in [0.1, 0.15) is 5.82 Å². The van der Waals surface area contributed by atoms with Crippen LogP contribution in [0.2, 0.25) is 0 Å². The van der Waals surface area contributed by atoms with Gasteiger partial charge in [-0.15, -0.1) is 0 Å². The summed E-state index contributed by atoms with van der Waals surface area (Å²) in [6, 6.07) is 8.86. The number of urea groups is 1. The number of ether oxygens (including phenoxy) is 1. The Kier molecular flexibility index (Phi) is 5.23. The molecule has 0 radical (unpaired) electrons. The fraction of sp³-hybridized carbons (Fsp3) is 0.188. The minimum atomic E-state index is -2.93. The third kappa shape index (κ3) is 4.22. The Morgan fingerprint density at radius 1 is 1.31 bits per heavy atom. The monoisotopic (exact) mass is 362 g/mol. The number of nitrogens with two attached hydrogens (primary N) is 1. The maximum Gasteiger partial charge on any atom is 0.345 e. The molecule has 0 saturated carbocycles. The van der Waals surface area contributed by atoms with Crippen LogP contribution >= 0.6 is 0 Å². The molecule has 3 aromatic rings. The Morgan fingerprint density at radius 3 is 2.81 bits per heavy atom. The first-order valence-electron chi connectivity index (χ1n) is 7.64. The lowest BCUT2D eigenvalue weighted by Gasteiger charge is -2.19. The third-order valence-electron chi connectivity index (χ3n) is 3.61. The Morgan fingerprint density at radius 2 is 2.08 bits per heavy atom. The van der Waals surface area contributed by atoms with Gasteiger partial charge in [-0.25, -0.2) is 9.78 Å². The van der Waals surface area contributed by atoms with Crippen LogP contribution in [0.25, 0.3) is 10.9 Å². The number of hydrogen-bond donors (Lipinski definition) is 4. The number of alkyl halides is 2. The zero-order valence-electron chi connectivity index (χ0n) is 13.4. The molecule has 0 aliphatic rings. The van der Waals surface area contributed by atoms with Gasteiger partial charge in [-0.3, -0.25) is 10.4 Å².